The number of benzene rings is 2. The van der Waals surface area contributed by atoms with E-state index in [2.05, 4.69) is 10.4 Å². The van der Waals surface area contributed by atoms with Gasteiger partial charge in [0.1, 0.15) is 5.82 Å². The van der Waals surface area contributed by atoms with Crippen molar-refractivity contribution < 1.29 is 13.2 Å². The molecule has 4 rings (SSSR count). The first kappa shape index (κ1) is 20.7. The van der Waals surface area contributed by atoms with Crippen LogP contribution in [0.5, 0.6) is 0 Å². The Hall–Kier alpha value is -2.55. The summed E-state index contributed by atoms with van der Waals surface area (Å²) in [5.41, 5.74) is 1.79. The second-order valence-corrected chi connectivity index (χ2v) is 9.71. The zero-order valence-corrected chi connectivity index (χ0v) is 18.1. The van der Waals surface area contributed by atoms with Crippen LogP contribution in [0.4, 0.5) is 11.5 Å². The number of nitrogens with one attached hydrogen (secondary N) is 1. The van der Waals surface area contributed by atoms with Crippen molar-refractivity contribution in [2.45, 2.75) is 13.0 Å². The fraction of sp³-hybridized carbons (Fsp3) is 0.200. The predicted molar refractivity (Wildman–Crippen MR) is 118 cm³/mol. The summed E-state index contributed by atoms with van der Waals surface area (Å²) >= 11 is 12.2. The lowest BCUT2D eigenvalue weighted by Crippen LogP contribution is -2.25. The quantitative estimate of drug-likeness (QED) is 0.617. The number of nitrogens with zero attached hydrogens (tertiary/aromatic N) is 3. The van der Waals surface area contributed by atoms with Gasteiger partial charge >= 0.3 is 0 Å². The molecule has 2 heterocycles. The Balaban J connectivity index is 1.48. The van der Waals surface area contributed by atoms with Gasteiger partial charge in [0.05, 0.1) is 24.2 Å². The average Bonchev–Trinajstić information content (AvgIpc) is 3.29. The Morgan fingerprint density at radius 1 is 1.10 bits per heavy atom. The van der Waals surface area contributed by atoms with Gasteiger partial charge in [-0.2, -0.15) is 5.10 Å². The number of sulfonamides is 1. The summed E-state index contributed by atoms with van der Waals surface area (Å²) in [6, 6.07) is 13.4. The number of hydrogen-bond acceptors (Lipinski definition) is 4. The molecule has 1 aromatic heterocycles. The van der Waals surface area contributed by atoms with Crippen molar-refractivity contribution in [3.05, 3.63) is 75.9 Å². The topological polar surface area (TPSA) is 84.3 Å². The molecular weight excluding hydrogens is 447 g/mol. The maximum Gasteiger partial charge on any atom is 0.256 e. The lowest BCUT2D eigenvalue weighted by atomic mass is 10.2. The molecule has 1 aliphatic heterocycles. The molecule has 156 valence electrons. The number of rotatable bonds is 5. The van der Waals surface area contributed by atoms with Gasteiger partial charge in [0.2, 0.25) is 10.0 Å². The molecule has 7 nitrogen and oxygen atoms in total. The summed E-state index contributed by atoms with van der Waals surface area (Å²) in [5, 5.41) is 8.13. The molecule has 3 aromatic rings. The maximum absolute atomic E-state index is 12.7. The van der Waals surface area contributed by atoms with Gasteiger partial charge in [-0.3, -0.25) is 9.10 Å². The van der Waals surface area contributed by atoms with Gasteiger partial charge in [0.15, 0.2) is 0 Å². The largest absolute Gasteiger partial charge is 0.307 e. The molecule has 0 saturated carbocycles. The average molecular weight is 465 g/mol. The summed E-state index contributed by atoms with van der Waals surface area (Å²) in [7, 11) is -3.25. The van der Waals surface area contributed by atoms with Gasteiger partial charge in [-0.25, -0.2) is 13.1 Å². The molecule has 1 saturated heterocycles. The second kappa shape index (κ2) is 8.29. The molecule has 1 amide bonds. The van der Waals surface area contributed by atoms with E-state index in [1.165, 1.54) is 4.31 Å². The van der Waals surface area contributed by atoms with Gasteiger partial charge in [0, 0.05) is 28.2 Å². The zero-order chi connectivity index (χ0) is 21.3. The van der Waals surface area contributed by atoms with Gasteiger partial charge in [-0.15, -0.1) is 0 Å². The normalized spacial score (nSPS) is 15.3. The van der Waals surface area contributed by atoms with Crippen LogP contribution < -0.4 is 9.62 Å². The minimum atomic E-state index is -3.25. The highest BCUT2D eigenvalue weighted by Gasteiger charge is 2.28. The fourth-order valence-corrected chi connectivity index (χ4v) is 5.31. The Bertz CT molecular complexity index is 1190. The van der Waals surface area contributed by atoms with Crippen molar-refractivity contribution >= 4 is 50.6 Å². The highest BCUT2D eigenvalue weighted by Crippen LogP contribution is 2.25. The van der Waals surface area contributed by atoms with Crippen LogP contribution in [0.2, 0.25) is 10.0 Å². The molecular formula is C20H18Cl2N4O3S. The molecule has 30 heavy (non-hydrogen) atoms. The highest BCUT2D eigenvalue weighted by atomic mass is 35.5. The number of carbonyl (C=O) groups is 1. The van der Waals surface area contributed by atoms with Crippen molar-refractivity contribution in [3.8, 4) is 0 Å². The summed E-state index contributed by atoms with van der Waals surface area (Å²) in [5.74, 6) is 0.337. The number of amides is 1. The van der Waals surface area contributed by atoms with E-state index in [1.54, 1.807) is 53.3 Å². The Morgan fingerprint density at radius 2 is 1.87 bits per heavy atom. The number of halogens is 2. The van der Waals surface area contributed by atoms with Crippen molar-refractivity contribution in [2.75, 3.05) is 21.9 Å². The van der Waals surface area contributed by atoms with E-state index in [9.17, 15) is 13.2 Å². The number of anilines is 2. The smallest absolute Gasteiger partial charge is 0.256 e. The van der Waals surface area contributed by atoms with Crippen molar-refractivity contribution in [1.29, 1.82) is 0 Å². The molecule has 0 aliphatic carbocycles. The van der Waals surface area contributed by atoms with Gasteiger partial charge in [0.25, 0.3) is 5.91 Å². The molecule has 0 radical (unpaired) electrons. The van der Waals surface area contributed by atoms with E-state index in [-0.39, 0.29) is 11.7 Å². The van der Waals surface area contributed by atoms with Crippen LogP contribution in [0.3, 0.4) is 0 Å². The van der Waals surface area contributed by atoms with Crippen molar-refractivity contribution in [1.82, 2.24) is 9.78 Å². The van der Waals surface area contributed by atoms with Gasteiger partial charge in [-0.1, -0.05) is 29.3 Å². The van der Waals surface area contributed by atoms with E-state index in [1.807, 2.05) is 6.07 Å². The standard InChI is InChI=1S/C20H18Cl2N4O3S/c21-16-5-2-15(18(22)12-16)13-25-19(8-9-23-25)24-20(27)14-3-6-17(7-4-14)26-10-1-11-30(26,28)29/h2-9,12H,1,10-11,13H2,(H,24,27). The summed E-state index contributed by atoms with van der Waals surface area (Å²) in [6.07, 6.45) is 2.19. The molecule has 1 aliphatic rings. The monoisotopic (exact) mass is 464 g/mol. The van der Waals surface area contributed by atoms with Gasteiger partial charge in [-0.05, 0) is 48.4 Å². The number of carbonyl (C=O) groups excluding carboxylic acids is 1. The first-order valence-electron chi connectivity index (χ1n) is 9.21. The summed E-state index contributed by atoms with van der Waals surface area (Å²) in [6.45, 7) is 0.824. The first-order valence-corrected chi connectivity index (χ1v) is 11.6. The first-order chi connectivity index (χ1) is 14.3. The van der Waals surface area contributed by atoms with Crippen LogP contribution in [-0.4, -0.2) is 36.4 Å². The van der Waals surface area contributed by atoms with Crippen LogP contribution in [0.15, 0.2) is 54.7 Å². The minimum absolute atomic E-state index is 0.150. The number of aromatic nitrogens is 2. The van der Waals surface area contributed by atoms with Crippen LogP contribution in [0.25, 0.3) is 0 Å². The number of hydrogen-bond donors (Lipinski definition) is 1. The summed E-state index contributed by atoms with van der Waals surface area (Å²) < 4.78 is 27.1. The van der Waals surface area contributed by atoms with Gasteiger partial charge < -0.3 is 5.32 Å². The maximum atomic E-state index is 12.7. The summed E-state index contributed by atoms with van der Waals surface area (Å²) in [4.78, 5) is 12.7. The third-order valence-corrected chi connectivity index (χ3v) is 7.27. The lowest BCUT2D eigenvalue weighted by molar-refractivity contribution is 0.102. The van der Waals surface area contributed by atoms with E-state index in [0.29, 0.717) is 46.6 Å². The fourth-order valence-electron chi connectivity index (χ4n) is 3.27. The van der Waals surface area contributed by atoms with E-state index < -0.39 is 10.0 Å². The second-order valence-electron chi connectivity index (χ2n) is 6.85. The van der Waals surface area contributed by atoms with Crippen LogP contribution >= 0.6 is 23.2 Å². The molecule has 1 N–H and O–H groups in total. The molecule has 0 spiro atoms. The SMILES string of the molecule is O=C(Nc1ccnn1Cc1ccc(Cl)cc1Cl)c1ccc(N2CCCS2(=O)=O)cc1. The molecule has 0 bridgehead atoms. The van der Waals surface area contributed by atoms with E-state index in [4.69, 9.17) is 23.2 Å². The van der Waals surface area contributed by atoms with E-state index in [0.717, 1.165) is 5.56 Å². The predicted octanol–water partition coefficient (Wildman–Crippen LogP) is 4.03. The molecule has 0 atom stereocenters. The van der Waals surface area contributed by atoms with Crippen molar-refractivity contribution in [2.24, 2.45) is 0 Å². The molecule has 1 fully saturated rings. The van der Waals surface area contributed by atoms with Crippen molar-refractivity contribution in [3.63, 3.8) is 0 Å². The minimum Gasteiger partial charge on any atom is -0.307 e. The molecule has 2 aromatic carbocycles. The highest BCUT2D eigenvalue weighted by molar-refractivity contribution is 7.93. The third kappa shape index (κ3) is 4.30. The van der Waals surface area contributed by atoms with Crippen LogP contribution in [-0.2, 0) is 16.6 Å². The Kier molecular flexibility index (Phi) is 5.73. The van der Waals surface area contributed by atoms with Crippen LogP contribution in [0, 0.1) is 0 Å². The third-order valence-electron chi connectivity index (χ3n) is 4.81. The van der Waals surface area contributed by atoms with Crippen LogP contribution in [0.1, 0.15) is 22.3 Å². The zero-order valence-electron chi connectivity index (χ0n) is 15.8. The molecule has 0 unspecified atom stereocenters. The Morgan fingerprint density at radius 3 is 2.53 bits per heavy atom. The van der Waals surface area contributed by atoms with E-state index >= 15 is 0 Å². The Labute approximate surface area is 184 Å². The molecule has 10 heteroatoms. The lowest BCUT2D eigenvalue weighted by Gasteiger charge is -2.17.